The number of unbranched alkanes of at least 4 members (excludes halogenated alkanes) is 31. The normalized spacial score (nSPS) is 12.1. The first-order valence-corrected chi connectivity index (χ1v) is 22.2. The fraction of sp³-hybridized carbons (Fsp3) is 0.911. The smallest absolute Gasteiger partial charge is 0.306 e. The lowest BCUT2D eigenvalue weighted by atomic mass is 10.0. The summed E-state index contributed by atoms with van der Waals surface area (Å²) in [5.74, 6) is -0.577. The van der Waals surface area contributed by atoms with Crippen LogP contribution in [0.5, 0.6) is 0 Å². The fourth-order valence-electron chi connectivity index (χ4n) is 6.67. The zero-order chi connectivity index (χ0) is 36.4. The zero-order valence-corrected chi connectivity index (χ0v) is 33.7. The van der Waals surface area contributed by atoms with Gasteiger partial charge in [0, 0.05) is 12.8 Å². The van der Waals surface area contributed by atoms with E-state index in [4.69, 9.17) is 9.47 Å². The molecule has 0 fully saturated rings. The standard InChI is InChI=1S/C45H86O5/c1-3-5-7-9-11-13-15-17-19-20-21-22-23-24-26-28-30-32-34-36-38-40-45(48)50-43(41-46)42-49-44(47)39-37-35-33-31-29-27-25-18-16-14-12-10-8-6-4-2/h17,19,43,46H,3-16,18,20-42H2,1-2H3/t43-/m0/s1. The lowest BCUT2D eigenvalue weighted by Crippen LogP contribution is -2.28. The Balaban J connectivity index is 3.48. The van der Waals surface area contributed by atoms with Gasteiger partial charge in [-0.25, -0.2) is 0 Å². The van der Waals surface area contributed by atoms with E-state index in [9.17, 15) is 14.7 Å². The molecular formula is C45H86O5. The summed E-state index contributed by atoms with van der Waals surface area (Å²) in [4.78, 5) is 24.3. The highest BCUT2D eigenvalue weighted by Crippen LogP contribution is 2.16. The van der Waals surface area contributed by atoms with Crippen molar-refractivity contribution in [1.82, 2.24) is 0 Å². The molecule has 0 aromatic rings. The average molecular weight is 707 g/mol. The van der Waals surface area contributed by atoms with Crippen LogP contribution in [-0.2, 0) is 19.1 Å². The highest BCUT2D eigenvalue weighted by molar-refractivity contribution is 5.70. The predicted molar refractivity (Wildman–Crippen MR) is 215 cm³/mol. The van der Waals surface area contributed by atoms with Gasteiger partial charge < -0.3 is 14.6 Å². The molecular weight excluding hydrogens is 620 g/mol. The number of hydrogen-bond donors (Lipinski definition) is 1. The van der Waals surface area contributed by atoms with Gasteiger partial charge in [-0.3, -0.25) is 9.59 Å². The molecule has 0 aliphatic heterocycles. The van der Waals surface area contributed by atoms with Gasteiger partial charge in [-0.15, -0.1) is 0 Å². The molecule has 0 spiro atoms. The van der Waals surface area contributed by atoms with Gasteiger partial charge >= 0.3 is 11.9 Å². The first kappa shape index (κ1) is 48.6. The summed E-state index contributed by atoms with van der Waals surface area (Å²) < 4.78 is 10.6. The monoisotopic (exact) mass is 707 g/mol. The maximum Gasteiger partial charge on any atom is 0.306 e. The van der Waals surface area contributed by atoms with Gasteiger partial charge in [0.15, 0.2) is 6.10 Å². The molecule has 5 heteroatoms. The van der Waals surface area contributed by atoms with Gasteiger partial charge in [0.1, 0.15) is 6.61 Å². The van der Waals surface area contributed by atoms with Crippen LogP contribution < -0.4 is 0 Å². The van der Waals surface area contributed by atoms with E-state index >= 15 is 0 Å². The zero-order valence-electron chi connectivity index (χ0n) is 33.7. The number of carbonyl (C=O) groups excluding carboxylic acids is 2. The van der Waals surface area contributed by atoms with Crippen molar-refractivity contribution in [3.8, 4) is 0 Å². The van der Waals surface area contributed by atoms with Gasteiger partial charge in [0.25, 0.3) is 0 Å². The number of hydrogen-bond acceptors (Lipinski definition) is 5. The molecule has 0 aliphatic rings. The number of carbonyl (C=O) groups is 2. The molecule has 0 saturated heterocycles. The van der Waals surface area contributed by atoms with Crippen LogP contribution in [0.2, 0.25) is 0 Å². The summed E-state index contributed by atoms with van der Waals surface area (Å²) in [6.45, 7) is 4.16. The fourth-order valence-corrected chi connectivity index (χ4v) is 6.67. The van der Waals surface area contributed by atoms with Crippen LogP contribution in [0, 0.1) is 0 Å². The van der Waals surface area contributed by atoms with Crippen molar-refractivity contribution in [1.29, 1.82) is 0 Å². The Kier molecular flexibility index (Phi) is 40.9. The number of aliphatic hydroxyl groups excluding tert-OH is 1. The van der Waals surface area contributed by atoms with Crippen molar-refractivity contribution >= 4 is 11.9 Å². The largest absolute Gasteiger partial charge is 0.462 e. The SMILES string of the molecule is CCCCCCCCC=CCCCCCCCCCCCCCC(=O)O[C@@H](CO)COC(=O)CCCCCCCCCCCCCCCCC. The van der Waals surface area contributed by atoms with Crippen LogP contribution in [0.3, 0.4) is 0 Å². The summed E-state index contributed by atoms with van der Waals surface area (Å²) in [5, 5.41) is 9.58. The van der Waals surface area contributed by atoms with E-state index in [1.54, 1.807) is 0 Å². The van der Waals surface area contributed by atoms with E-state index in [2.05, 4.69) is 26.0 Å². The molecule has 296 valence electrons. The van der Waals surface area contributed by atoms with E-state index in [1.165, 1.54) is 186 Å². The number of aliphatic hydroxyl groups is 1. The molecule has 0 aliphatic carbocycles. The van der Waals surface area contributed by atoms with E-state index in [1.807, 2.05) is 0 Å². The van der Waals surface area contributed by atoms with E-state index in [-0.39, 0.29) is 25.2 Å². The van der Waals surface area contributed by atoms with Crippen LogP contribution >= 0.6 is 0 Å². The Morgan fingerprint density at radius 3 is 1.08 bits per heavy atom. The van der Waals surface area contributed by atoms with Crippen LogP contribution in [0.4, 0.5) is 0 Å². The Hall–Kier alpha value is -1.36. The maximum atomic E-state index is 12.2. The Labute approximate surface area is 311 Å². The molecule has 0 aromatic carbocycles. The van der Waals surface area contributed by atoms with E-state index in [0.717, 1.165) is 32.1 Å². The van der Waals surface area contributed by atoms with E-state index < -0.39 is 6.10 Å². The van der Waals surface area contributed by atoms with Gasteiger partial charge in [-0.05, 0) is 38.5 Å². The third kappa shape index (κ3) is 39.4. The summed E-state index contributed by atoms with van der Waals surface area (Å²) in [6.07, 6.45) is 48.5. The first-order chi connectivity index (χ1) is 24.6. The number of ether oxygens (including phenoxy) is 2. The summed E-state index contributed by atoms with van der Waals surface area (Å²) in [7, 11) is 0. The van der Waals surface area contributed by atoms with Crippen LogP contribution in [0.15, 0.2) is 12.2 Å². The third-order valence-corrected chi connectivity index (χ3v) is 10.1. The second kappa shape index (κ2) is 42.1. The molecule has 1 atom stereocenters. The van der Waals surface area contributed by atoms with Crippen LogP contribution in [0.1, 0.15) is 245 Å². The molecule has 0 saturated carbocycles. The highest BCUT2D eigenvalue weighted by atomic mass is 16.6. The lowest BCUT2D eigenvalue weighted by Gasteiger charge is -2.15. The van der Waals surface area contributed by atoms with Gasteiger partial charge in [0.05, 0.1) is 6.61 Å². The molecule has 0 heterocycles. The van der Waals surface area contributed by atoms with Gasteiger partial charge in [-0.2, -0.15) is 0 Å². The molecule has 0 bridgehead atoms. The minimum Gasteiger partial charge on any atom is -0.462 e. The second-order valence-corrected chi connectivity index (χ2v) is 15.1. The summed E-state index contributed by atoms with van der Waals surface area (Å²) in [6, 6.07) is 0. The van der Waals surface area contributed by atoms with Crippen LogP contribution in [0.25, 0.3) is 0 Å². The minimum absolute atomic E-state index is 0.0594. The molecule has 50 heavy (non-hydrogen) atoms. The number of rotatable bonds is 41. The Morgan fingerprint density at radius 1 is 0.440 bits per heavy atom. The van der Waals surface area contributed by atoms with Crippen molar-refractivity contribution in [3.05, 3.63) is 12.2 Å². The van der Waals surface area contributed by atoms with E-state index in [0.29, 0.717) is 12.8 Å². The quantitative estimate of drug-likeness (QED) is 0.0389. The Morgan fingerprint density at radius 2 is 0.740 bits per heavy atom. The summed E-state index contributed by atoms with van der Waals surface area (Å²) >= 11 is 0. The summed E-state index contributed by atoms with van der Waals surface area (Å²) in [5.41, 5.74) is 0. The molecule has 0 unspecified atom stereocenters. The number of esters is 2. The average Bonchev–Trinajstić information content (AvgIpc) is 3.12. The maximum absolute atomic E-state index is 12.2. The molecule has 1 N–H and O–H groups in total. The van der Waals surface area contributed by atoms with Crippen molar-refractivity contribution in [2.24, 2.45) is 0 Å². The third-order valence-electron chi connectivity index (χ3n) is 10.1. The second-order valence-electron chi connectivity index (χ2n) is 15.1. The lowest BCUT2D eigenvalue weighted by molar-refractivity contribution is -0.161. The molecule has 0 radical (unpaired) electrons. The van der Waals surface area contributed by atoms with Crippen molar-refractivity contribution < 1.29 is 24.2 Å². The van der Waals surface area contributed by atoms with Gasteiger partial charge in [-0.1, -0.05) is 206 Å². The molecule has 5 nitrogen and oxygen atoms in total. The molecule has 0 aromatic heterocycles. The van der Waals surface area contributed by atoms with Crippen molar-refractivity contribution in [2.75, 3.05) is 13.2 Å². The molecule has 0 amide bonds. The van der Waals surface area contributed by atoms with Crippen molar-refractivity contribution in [2.45, 2.75) is 251 Å². The van der Waals surface area contributed by atoms with Gasteiger partial charge in [0.2, 0.25) is 0 Å². The molecule has 0 rings (SSSR count). The topological polar surface area (TPSA) is 72.8 Å². The minimum atomic E-state index is -0.765. The highest BCUT2D eigenvalue weighted by Gasteiger charge is 2.16. The van der Waals surface area contributed by atoms with Crippen LogP contribution in [-0.4, -0.2) is 36.4 Å². The first-order valence-electron chi connectivity index (χ1n) is 22.2. The number of allylic oxidation sites excluding steroid dienone is 2. The predicted octanol–water partition coefficient (Wildman–Crippen LogP) is 14.1. The Bertz CT molecular complexity index is 720. The van der Waals surface area contributed by atoms with Crippen molar-refractivity contribution in [3.63, 3.8) is 0 Å².